The molecule has 0 amide bonds. The maximum atomic E-state index is 5.70. The zero-order valence-electron chi connectivity index (χ0n) is 6.21. The van der Waals surface area contributed by atoms with Crippen LogP contribution >= 0.6 is 0 Å². The van der Waals surface area contributed by atoms with Crippen LogP contribution in [0.3, 0.4) is 0 Å². The van der Waals surface area contributed by atoms with Gasteiger partial charge < -0.3 is 10.1 Å². The molecular weight excluding hydrogens is 123 g/mol. The second-order valence-electron chi connectivity index (χ2n) is 3.39. The van der Waals surface area contributed by atoms with Gasteiger partial charge in [-0.25, -0.2) is 0 Å². The zero-order valence-corrected chi connectivity index (χ0v) is 6.21. The van der Waals surface area contributed by atoms with E-state index in [-0.39, 0.29) is 0 Å². The molecule has 2 unspecified atom stereocenters. The molecule has 1 N–H and O–H groups in total. The summed E-state index contributed by atoms with van der Waals surface area (Å²) >= 11 is 0. The Bertz CT molecular complexity index is 129. The Balaban J connectivity index is 1.96. The lowest BCUT2D eigenvalue weighted by Gasteiger charge is -2.32. The normalized spacial score (nSPS) is 41.6. The first-order chi connectivity index (χ1) is 4.86. The third-order valence-corrected chi connectivity index (χ3v) is 2.69. The van der Waals surface area contributed by atoms with Crippen LogP contribution in [-0.2, 0) is 0 Å². The number of hydrogen-bond donors (Lipinski definition) is 1. The molecule has 2 aliphatic rings. The molecule has 0 aromatic carbocycles. The second kappa shape index (κ2) is 2.55. The van der Waals surface area contributed by atoms with Crippen LogP contribution in [0, 0.1) is 5.92 Å². The van der Waals surface area contributed by atoms with Crippen molar-refractivity contribution in [2.24, 2.45) is 5.92 Å². The average molecular weight is 136 g/mol. The highest BCUT2D eigenvalue weighted by Gasteiger charge is 2.30. The van der Waals surface area contributed by atoms with Gasteiger partial charge in [0.2, 0.25) is 0 Å². The van der Waals surface area contributed by atoms with Crippen molar-refractivity contribution in [3.63, 3.8) is 0 Å². The summed E-state index contributed by atoms with van der Waals surface area (Å²) in [7, 11) is 5.70. The fraction of sp³-hybridized carbons (Fsp3) is 1.00. The van der Waals surface area contributed by atoms with E-state index >= 15 is 0 Å². The SMILES string of the molecule is [B]N1CCC2NCCC2C1. The maximum Gasteiger partial charge on any atom is 0.182 e. The van der Waals surface area contributed by atoms with E-state index in [0.29, 0.717) is 0 Å². The van der Waals surface area contributed by atoms with E-state index in [4.69, 9.17) is 7.98 Å². The predicted molar refractivity (Wildman–Crippen MR) is 41.8 cm³/mol. The lowest BCUT2D eigenvalue weighted by Crippen LogP contribution is -2.43. The number of nitrogens with zero attached hydrogens (tertiary/aromatic N) is 1. The number of nitrogens with one attached hydrogen (secondary N) is 1. The van der Waals surface area contributed by atoms with Crippen LogP contribution in [0.5, 0.6) is 0 Å². The van der Waals surface area contributed by atoms with Crippen LogP contribution in [0.1, 0.15) is 12.8 Å². The first kappa shape index (κ1) is 6.68. The molecule has 10 heavy (non-hydrogen) atoms. The average Bonchev–Trinajstić information content (AvgIpc) is 2.33. The van der Waals surface area contributed by atoms with Crippen LogP contribution < -0.4 is 5.32 Å². The summed E-state index contributed by atoms with van der Waals surface area (Å²) < 4.78 is 0. The third-order valence-electron chi connectivity index (χ3n) is 2.69. The predicted octanol–water partition coefficient (Wildman–Crippen LogP) is -0.246. The van der Waals surface area contributed by atoms with E-state index in [1.165, 1.54) is 19.4 Å². The van der Waals surface area contributed by atoms with Gasteiger partial charge in [0.25, 0.3) is 0 Å². The lowest BCUT2D eigenvalue weighted by molar-refractivity contribution is 0.254. The highest BCUT2D eigenvalue weighted by Crippen LogP contribution is 2.22. The van der Waals surface area contributed by atoms with Crippen molar-refractivity contribution in [2.75, 3.05) is 19.6 Å². The molecule has 2 fully saturated rings. The molecule has 2 heterocycles. The Hall–Kier alpha value is -0.0151. The Labute approximate surface area is 63.4 Å². The summed E-state index contributed by atoms with van der Waals surface area (Å²) in [6, 6.07) is 0.778. The smallest absolute Gasteiger partial charge is 0.182 e. The van der Waals surface area contributed by atoms with E-state index in [1.54, 1.807) is 0 Å². The van der Waals surface area contributed by atoms with Crippen molar-refractivity contribution >= 4 is 7.98 Å². The molecule has 2 radical (unpaired) electrons. The fourth-order valence-corrected chi connectivity index (χ4v) is 2.08. The first-order valence-corrected chi connectivity index (χ1v) is 4.09. The Morgan fingerprint density at radius 3 is 3.20 bits per heavy atom. The van der Waals surface area contributed by atoms with Crippen LogP contribution in [0.25, 0.3) is 0 Å². The molecule has 2 saturated heterocycles. The van der Waals surface area contributed by atoms with Gasteiger partial charge in [0.05, 0.1) is 0 Å². The molecule has 2 nitrogen and oxygen atoms in total. The molecular formula is C7H13BN2. The molecule has 3 heteroatoms. The van der Waals surface area contributed by atoms with E-state index < -0.39 is 0 Å². The molecule has 0 saturated carbocycles. The lowest BCUT2D eigenvalue weighted by atomic mass is 9.92. The summed E-state index contributed by atoms with van der Waals surface area (Å²) in [5.41, 5.74) is 0. The summed E-state index contributed by atoms with van der Waals surface area (Å²) in [6.45, 7) is 3.36. The zero-order chi connectivity index (χ0) is 6.97. The molecule has 2 rings (SSSR count). The van der Waals surface area contributed by atoms with Gasteiger partial charge in [0, 0.05) is 6.04 Å². The third kappa shape index (κ3) is 1.08. The Morgan fingerprint density at radius 2 is 2.30 bits per heavy atom. The summed E-state index contributed by atoms with van der Waals surface area (Å²) in [5, 5.41) is 3.50. The molecule has 0 spiro atoms. The summed E-state index contributed by atoms with van der Waals surface area (Å²) in [6.07, 6.45) is 2.56. The van der Waals surface area contributed by atoms with Crippen molar-refractivity contribution in [2.45, 2.75) is 18.9 Å². The first-order valence-electron chi connectivity index (χ1n) is 4.09. The molecule has 54 valence electrons. The van der Waals surface area contributed by atoms with Gasteiger partial charge in [-0.05, 0) is 38.4 Å². The van der Waals surface area contributed by atoms with Crippen LogP contribution in [0.15, 0.2) is 0 Å². The van der Waals surface area contributed by atoms with Gasteiger partial charge in [-0.15, -0.1) is 0 Å². The molecule has 0 bridgehead atoms. The molecule has 0 aliphatic carbocycles. The van der Waals surface area contributed by atoms with Crippen molar-refractivity contribution in [1.29, 1.82) is 0 Å². The van der Waals surface area contributed by atoms with Crippen LogP contribution in [-0.4, -0.2) is 38.5 Å². The number of piperidine rings is 1. The van der Waals surface area contributed by atoms with E-state index in [2.05, 4.69) is 5.32 Å². The Kier molecular flexibility index (Phi) is 1.70. The van der Waals surface area contributed by atoms with Crippen LogP contribution in [0.2, 0.25) is 0 Å². The highest BCUT2D eigenvalue weighted by atomic mass is 15.1. The van der Waals surface area contributed by atoms with Crippen molar-refractivity contribution in [3.05, 3.63) is 0 Å². The summed E-state index contributed by atoms with van der Waals surface area (Å²) in [4.78, 5) is 1.95. The van der Waals surface area contributed by atoms with Crippen molar-refractivity contribution in [3.8, 4) is 0 Å². The fourth-order valence-electron chi connectivity index (χ4n) is 2.08. The monoisotopic (exact) mass is 136 g/mol. The minimum absolute atomic E-state index is 0.778. The van der Waals surface area contributed by atoms with E-state index in [9.17, 15) is 0 Å². The van der Waals surface area contributed by atoms with Gasteiger partial charge >= 0.3 is 0 Å². The van der Waals surface area contributed by atoms with Crippen LogP contribution in [0.4, 0.5) is 0 Å². The largest absolute Gasteiger partial charge is 0.353 e. The second-order valence-corrected chi connectivity index (χ2v) is 3.39. The highest BCUT2D eigenvalue weighted by molar-refractivity contribution is 6.04. The van der Waals surface area contributed by atoms with E-state index in [0.717, 1.165) is 25.0 Å². The number of rotatable bonds is 0. The van der Waals surface area contributed by atoms with Gasteiger partial charge in [-0.2, -0.15) is 0 Å². The topological polar surface area (TPSA) is 15.3 Å². The molecule has 0 aromatic heterocycles. The van der Waals surface area contributed by atoms with Crippen molar-refractivity contribution < 1.29 is 0 Å². The van der Waals surface area contributed by atoms with Gasteiger partial charge in [0.15, 0.2) is 7.98 Å². The number of fused-ring (bicyclic) bond motifs is 1. The standard InChI is InChI=1S/C7H13BN2/c8-10-4-2-7-6(5-10)1-3-9-7/h6-7,9H,1-5H2. The summed E-state index contributed by atoms with van der Waals surface area (Å²) in [5.74, 6) is 0.832. The van der Waals surface area contributed by atoms with Crippen molar-refractivity contribution in [1.82, 2.24) is 10.1 Å². The minimum Gasteiger partial charge on any atom is -0.353 e. The van der Waals surface area contributed by atoms with Gasteiger partial charge in [-0.3, -0.25) is 0 Å². The molecule has 0 aromatic rings. The minimum atomic E-state index is 0.778. The molecule has 2 aliphatic heterocycles. The van der Waals surface area contributed by atoms with Gasteiger partial charge in [0.1, 0.15) is 0 Å². The van der Waals surface area contributed by atoms with Gasteiger partial charge in [-0.1, -0.05) is 0 Å². The molecule has 2 atom stereocenters. The quantitative estimate of drug-likeness (QED) is 0.462. The Morgan fingerprint density at radius 1 is 1.40 bits per heavy atom. The van der Waals surface area contributed by atoms with E-state index in [1.807, 2.05) is 4.81 Å². The maximum absolute atomic E-state index is 5.70. The number of hydrogen-bond acceptors (Lipinski definition) is 2.